The van der Waals surface area contributed by atoms with Crippen molar-refractivity contribution in [1.82, 2.24) is 10.2 Å². The first-order valence-corrected chi connectivity index (χ1v) is 13.0. The van der Waals surface area contributed by atoms with Gasteiger partial charge in [0, 0.05) is 28.5 Å². The summed E-state index contributed by atoms with van der Waals surface area (Å²) in [4.78, 5) is 28.6. The number of rotatable bonds is 9. The quantitative estimate of drug-likeness (QED) is 0.337. The second-order valence-corrected chi connectivity index (χ2v) is 11.0. The molecular formula is C30H34BrFN2O3. The highest BCUT2D eigenvalue weighted by molar-refractivity contribution is 9.10. The lowest BCUT2D eigenvalue weighted by molar-refractivity contribution is -0.143. The summed E-state index contributed by atoms with van der Waals surface area (Å²) in [5, 5.41) is 3.00. The first kappa shape index (κ1) is 28.4. The van der Waals surface area contributed by atoms with E-state index in [9.17, 15) is 14.0 Å². The fourth-order valence-electron chi connectivity index (χ4n) is 4.03. The molecule has 0 heterocycles. The van der Waals surface area contributed by atoms with Gasteiger partial charge >= 0.3 is 0 Å². The molecule has 0 spiro atoms. The SMILES string of the molecule is Cc1cc(OCC(=O)N(Cc2ccccc2F)[C@@H](Cc2ccccc2)C(=O)NC(C)(C)C)cc(C)c1Br. The summed E-state index contributed by atoms with van der Waals surface area (Å²) in [6, 6.07) is 18.6. The Bertz CT molecular complexity index is 1220. The van der Waals surface area contributed by atoms with Gasteiger partial charge in [-0.05, 0) is 69.5 Å². The fourth-order valence-corrected chi connectivity index (χ4v) is 4.26. The number of amides is 2. The number of carbonyl (C=O) groups excluding carboxylic acids is 2. The minimum atomic E-state index is -0.870. The van der Waals surface area contributed by atoms with Gasteiger partial charge in [0.15, 0.2) is 6.61 Å². The Balaban J connectivity index is 1.95. The van der Waals surface area contributed by atoms with Gasteiger partial charge in [0.2, 0.25) is 5.91 Å². The number of halogens is 2. The molecule has 0 unspecified atom stereocenters. The predicted octanol–water partition coefficient (Wildman–Crippen LogP) is 6.14. The first-order chi connectivity index (χ1) is 17.4. The van der Waals surface area contributed by atoms with Crippen LogP contribution in [-0.2, 0) is 22.6 Å². The van der Waals surface area contributed by atoms with E-state index in [4.69, 9.17) is 4.74 Å². The van der Waals surface area contributed by atoms with Crippen LogP contribution >= 0.6 is 15.9 Å². The number of benzene rings is 3. The van der Waals surface area contributed by atoms with E-state index in [1.165, 1.54) is 11.0 Å². The molecule has 196 valence electrons. The van der Waals surface area contributed by atoms with Gasteiger partial charge in [-0.2, -0.15) is 0 Å². The predicted molar refractivity (Wildman–Crippen MR) is 148 cm³/mol. The van der Waals surface area contributed by atoms with Gasteiger partial charge in [-0.1, -0.05) is 64.5 Å². The van der Waals surface area contributed by atoms with Crippen molar-refractivity contribution >= 4 is 27.7 Å². The highest BCUT2D eigenvalue weighted by Gasteiger charge is 2.33. The molecule has 0 aromatic heterocycles. The largest absolute Gasteiger partial charge is 0.484 e. The number of ether oxygens (including phenoxy) is 1. The number of hydrogen-bond acceptors (Lipinski definition) is 3. The highest BCUT2D eigenvalue weighted by Crippen LogP contribution is 2.26. The minimum Gasteiger partial charge on any atom is -0.484 e. The topological polar surface area (TPSA) is 58.6 Å². The van der Waals surface area contributed by atoms with Crippen molar-refractivity contribution in [2.24, 2.45) is 0 Å². The van der Waals surface area contributed by atoms with Crippen molar-refractivity contribution in [2.45, 2.75) is 59.2 Å². The zero-order valence-electron chi connectivity index (χ0n) is 22.0. The van der Waals surface area contributed by atoms with Crippen molar-refractivity contribution in [3.8, 4) is 5.75 Å². The molecule has 5 nitrogen and oxygen atoms in total. The van der Waals surface area contributed by atoms with Crippen molar-refractivity contribution < 1.29 is 18.7 Å². The Morgan fingerprint density at radius 1 is 1.00 bits per heavy atom. The molecule has 0 fully saturated rings. The zero-order valence-corrected chi connectivity index (χ0v) is 23.6. The lowest BCUT2D eigenvalue weighted by Gasteiger charge is -2.33. The van der Waals surface area contributed by atoms with Gasteiger partial charge in [-0.3, -0.25) is 9.59 Å². The summed E-state index contributed by atoms with van der Waals surface area (Å²) in [5.41, 5.74) is 2.67. The van der Waals surface area contributed by atoms with Crippen LogP contribution in [-0.4, -0.2) is 34.9 Å². The number of hydrogen-bond donors (Lipinski definition) is 1. The van der Waals surface area contributed by atoms with E-state index in [0.717, 1.165) is 21.2 Å². The third-order valence-electron chi connectivity index (χ3n) is 5.84. The number of nitrogens with one attached hydrogen (secondary N) is 1. The molecule has 0 saturated carbocycles. The van der Waals surface area contributed by atoms with Gasteiger partial charge < -0.3 is 15.0 Å². The summed E-state index contributed by atoms with van der Waals surface area (Å²) in [7, 11) is 0. The summed E-state index contributed by atoms with van der Waals surface area (Å²) in [5.74, 6) is -0.603. The molecule has 3 rings (SSSR count). The first-order valence-electron chi connectivity index (χ1n) is 12.2. The van der Waals surface area contributed by atoms with Crippen LogP contribution < -0.4 is 10.1 Å². The zero-order chi connectivity index (χ0) is 27.2. The maximum absolute atomic E-state index is 14.7. The number of carbonyl (C=O) groups is 2. The van der Waals surface area contributed by atoms with Crippen LogP contribution in [0.1, 0.15) is 43.0 Å². The molecule has 3 aromatic carbocycles. The molecule has 37 heavy (non-hydrogen) atoms. The molecule has 3 aromatic rings. The summed E-state index contributed by atoms with van der Waals surface area (Å²) in [6.45, 7) is 9.19. The van der Waals surface area contributed by atoms with Crippen LogP contribution in [0.5, 0.6) is 5.75 Å². The molecule has 2 amide bonds. The van der Waals surface area contributed by atoms with E-state index in [2.05, 4.69) is 21.2 Å². The smallest absolute Gasteiger partial charge is 0.261 e. The third kappa shape index (κ3) is 8.15. The molecule has 0 saturated heterocycles. The maximum atomic E-state index is 14.7. The molecular weight excluding hydrogens is 535 g/mol. The van der Waals surface area contributed by atoms with Crippen molar-refractivity contribution in [1.29, 1.82) is 0 Å². The van der Waals surface area contributed by atoms with Crippen LogP contribution in [0, 0.1) is 19.7 Å². The Hall–Kier alpha value is -3.19. The summed E-state index contributed by atoms with van der Waals surface area (Å²) in [6.07, 6.45) is 0.277. The minimum absolute atomic E-state index is 0.0671. The van der Waals surface area contributed by atoms with E-state index in [1.54, 1.807) is 18.2 Å². The Morgan fingerprint density at radius 2 is 1.59 bits per heavy atom. The van der Waals surface area contributed by atoms with E-state index >= 15 is 0 Å². The van der Waals surface area contributed by atoms with E-state index < -0.39 is 23.3 Å². The molecule has 0 aliphatic carbocycles. The third-order valence-corrected chi connectivity index (χ3v) is 7.09. The van der Waals surface area contributed by atoms with Crippen molar-refractivity contribution in [3.05, 3.63) is 99.3 Å². The average molecular weight is 570 g/mol. The number of aryl methyl sites for hydroxylation is 2. The maximum Gasteiger partial charge on any atom is 0.261 e. The van der Waals surface area contributed by atoms with Crippen molar-refractivity contribution in [2.75, 3.05) is 6.61 Å². The Kier molecular flexibility index (Phi) is 9.49. The molecule has 0 aliphatic heterocycles. The van der Waals surface area contributed by atoms with Crippen LogP contribution in [0.3, 0.4) is 0 Å². The molecule has 0 radical (unpaired) electrons. The van der Waals surface area contributed by atoms with Gasteiger partial charge in [-0.25, -0.2) is 4.39 Å². The fraction of sp³-hybridized carbons (Fsp3) is 0.333. The molecule has 0 aliphatic rings. The standard InChI is InChI=1S/C30H34BrFN2O3/c1-20-15-24(16-21(2)28(20)31)37-19-27(35)34(18-23-13-9-10-14-25(23)32)26(29(36)33-30(3,4)5)17-22-11-7-6-8-12-22/h6-16,26H,17-19H2,1-5H3,(H,33,36)/t26-/m0/s1. The van der Waals surface area contributed by atoms with Crippen LogP contribution in [0.2, 0.25) is 0 Å². The monoisotopic (exact) mass is 568 g/mol. The lowest BCUT2D eigenvalue weighted by Crippen LogP contribution is -2.55. The Labute approximate surface area is 227 Å². The highest BCUT2D eigenvalue weighted by atomic mass is 79.9. The summed E-state index contributed by atoms with van der Waals surface area (Å²) >= 11 is 3.54. The van der Waals surface area contributed by atoms with E-state index in [-0.39, 0.29) is 25.5 Å². The molecule has 7 heteroatoms. The van der Waals surface area contributed by atoms with Crippen LogP contribution in [0.25, 0.3) is 0 Å². The van der Waals surface area contributed by atoms with Crippen LogP contribution in [0.15, 0.2) is 71.2 Å². The van der Waals surface area contributed by atoms with E-state index in [1.807, 2.05) is 77.1 Å². The van der Waals surface area contributed by atoms with Gasteiger partial charge in [0.05, 0.1) is 0 Å². The van der Waals surface area contributed by atoms with Crippen molar-refractivity contribution in [3.63, 3.8) is 0 Å². The number of nitrogens with zero attached hydrogens (tertiary/aromatic N) is 1. The normalized spacial score (nSPS) is 12.1. The molecule has 1 N–H and O–H groups in total. The lowest BCUT2D eigenvalue weighted by atomic mass is 10.0. The molecule has 1 atom stereocenters. The van der Waals surface area contributed by atoms with Gasteiger partial charge in [0.25, 0.3) is 5.91 Å². The van der Waals surface area contributed by atoms with Crippen LogP contribution in [0.4, 0.5) is 4.39 Å². The average Bonchev–Trinajstić information content (AvgIpc) is 2.83. The molecule has 0 bridgehead atoms. The van der Waals surface area contributed by atoms with E-state index in [0.29, 0.717) is 11.3 Å². The second-order valence-electron chi connectivity index (χ2n) is 10.2. The van der Waals surface area contributed by atoms with Gasteiger partial charge in [-0.15, -0.1) is 0 Å². The van der Waals surface area contributed by atoms with Gasteiger partial charge in [0.1, 0.15) is 17.6 Å². The second kappa shape index (κ2) is 12.4. The summed E-state index contributed by atoms with van der Waals surface area (Å²) < 4.78 is 21.5. The Morgan fingerprint density at radius 3 is 2.19 bits per heavy atom.